The van der Waals surface area contributed by atoms with Crippen LogP contribution in [-0.2, 0) is 13.8 Å². The number of anilines is 1. The maximum absolute atomic E-state index is 12.8. The fourth-order valence-corrected chi connectivity index (χ4v) is 4.76. The first-order valence-corrected chi connectivity index (χ1v) is 11.5. The van der Waals surface area contributed by atoms with Crippen molar-refractivity contribution in [1.82, 2.24) is 9.55 Å². The molecule has 0 amide bonds. The average Bonchev–Trinajstić information content (AvgIpc) is 2.73. The lowest BCUT2D eigenvalue weighted by Crippen LogP contribution is -2.39. The van der Waals surface area contributed by atoms with E-state index >= 15 is 0 Å². The fourth-order valence-electron chi connectivity index (χ4n) is 3.40. The van der Waals surface area contributed by atoms with Crippen LogP contribution < -0.4 is 16.0 Å². The second kappa shape index (κ2) is 8.91. The van der Waals surface area contributed by atoms with Crippen LogP contribution in [0.3, 0.4) is 0 Å². The van der Waals surface area contributed by atoms with Crippen molar-refractivity contribution < 1.29 is 23.6 Å². The molecule has 1 saturated heterocycles. The number of aromatic nitrogens is 2. The third-order valence-electron chi connectivity index (χ3n) is 5.31. The van der Waals surface area contributed by atoms with Gasteiger partial charge in [0.1, 0.15) is 11.5 Å². The molecule has 3 rings (SSSR count). The molecule has 1 aliphatic rings. The van der Waals surface area contributed by atoms with Crippen LogP contribution in [0, 0.1) is 10.1 Å². The summed E-state index contributed by atoms with van der Waals surface area (Å²) in [6.45, 7) is 6.26. The number of benzene rings is 1. The lowest BCUT2D eigenvalue weighted by molar-refractivity contribution is -0.384. The molecule has 2 N–H and O–H groups in total. The number of aromatic amines is 1. The van der Waals surface area contributed by atoms with Gasteiger partial charge in [0.25, 0.3) is 5.69 Å². The van der Waals surface area contributed by atoms with Crippen LogP contribution in [-0.4, -0.2) is 51.8 Å². The Bertz CT molecular complexity index is 1150. The van der Waals surface area contributed by atoms with Gasteiger partial charge in [-0.1, -0.05) is 6.92 Å². The van der Waals surface area contributed by atoms with E-state index in [1.165, 1.54) is 13.0 Å². The van der Waals surface area contributed by atoms with Gasteiger partial charge in [0.15, 0.2) is 0 Å². The van der Waals surface area contributed by atoms with E-state index in [-0.39, 0.29) is 22.4 Å². The van der Waals surface area contributed by atoms with Crippen molar-refractivity contribution in [3.8, 4) is 0 Å². The fraction of sp³-hybridized carbons (Fsp3) is 0.556. The van der Waals surface area contributed by atoms with Gasteiger partial charge in [-0.25, -0.2) is 0 Å². The summed E-state index contributed by atoms with van der Waals surface area (Å²) in [6, 6.07) is 2.54. The minimum Gasteiger partial charge on any atom is -0.378 e. The minimum absolute atomic E-state index is 0.0390. The molecule has 2 aromatic rings. The molecule has 3 atom stereocenters. The molecule has 13 heteroatoms. The second-order valence-electron chi connectivity index (χ2n) is 7.36. The molecule has 31 heavy (non-hydrogen) atoms. The molecule has 170 valence electrons. The molecule has 1 aliphatic heterocycles. The van der Waals surface area contributed by atoms with E-state index in [9.17, 15) is 29.2 Å². The summed E-state index contributed by atoms with van der Waals surface area (Å²) in [5, 5.41) is 11.8. The van der Waals surface area contributed by atoms with Crippen molar-refractivity contribution in [1.29, 1.82) is 0 Å². The molecule has 0 radical (unpaired) electrons. The van der Waals surface area contributed by atoms with E-state index in [0.717, 1.165) is 10.6 Å². The van der Waals surface area contributed by atoms with Gasteiger partial charge in [0.2, 0.25) is 0 Å². The number of H-pyrrole nitrogens is 1. The number of rotatable bonds is 7. The number of morpholine rings is 1. The van der Waals surface area contributed by atoms with E-state index in [2.05, 4.69) is 4.98 Å². The molecular weight excluding hydrogens is 431 g/mol. The maximum atomic E-state index is 12.8. The number of hydrogen-bond donors (Lipinski definition) is 2. The van der Waals surface area contributed by atoms with Gasteiger partial charge in [-0.2, -0.15) is 0 Å². The minimum atomic E-state index is -4.39. The smallest absolute Gasteiger partial charge is 0.350 e. The first-order chi connectivity index (χ1) is 14.6. The Kier molecular flexibility index (Phi) is 6.65. The number of hydrogen-bond acceptors (Lipinski definition) is 8. The van der Waals surface area contributed by atoms with Crippen LogP contribution in [0.2, 0.25) is 0 Å². The molecule has 1 aromatic carbocycles. The summed E-state index contributed by atoms with van der Waals surface area (Å²) in [5.41, 5.74) is -2.05. The highest BCUT2D eigenvalue weighted by Crippen LogP contribution is 2.55. The maximum Gasteiger partial charge on any atom is 0.350 e. The normalized spacial score (nSPS) is 18.5. The van der Waals surface area contributed by atoms with Crippen LogP contribution in [0.15, 0.2) is 21.7 Å². The largest absolute Gasteiger partial charge is 0.378 e. The Morgan fingerprint density at radius 3 is 2.55 bits per heavy atom. The van der Waals surface area contributed by atoms with Crippen molar-refractivity contribution in [2.75, 3.05) is 31.2 Å². The number of nitro groups is 1. The first-order valence-electron chi connectivity index (χ1n) is 9.87. The van der Waals surface area contributed by atoms with Gasteiger partial charge in [-0.15, -0.1) is 0 Å². The van der Waals surface area contributed by atoms with E-state index in [1.54, 1.807) is 18.7 Å². The quantitative estimate of drug-likeness (QED) is 0.275. The zero-order valence-electron chi connectivity index (χ0n) is 17.4. The number of nitro benzene ring substituents is 1. The number of nitrogens with one attached hydrogen (secondary N) is 1. The van der Waals surface area contributed by atoms with Crippen molar-refractivity contribution in [2.45, 2.75) is 39.1 Å². The second-order valence-corrected chi connectivity index (χ2v) is 9.45. The zero-order valence-corrected chi connectivity index (χ0v) is 18.3. The van der Waals surface area contributed by atoms with Crippen molar-refractivity contribution in [3.63, 3.8) is 0 Å². The third-order valence-corrected chi connectivity index (χ3v) is 7.15. The Balaban J connectivity index is 2.24. The zero-order chi connectivity index (χ0) is 22.9. The van der Waals surface area contributed by atoms with Crippen LogP contribution in [0.1, 0.15) is 33.0 Å². The Labute approximate surface area is 177 Å². The summed E-state index contributed by atoms with van der Waals surface area (Å²) in [6.07, 6.45) is -0.110. The highest BCUT2D eigenvalue weighted by molar-refractivity contribution is 7.52. The molecule has 3 unspecified atom stereocenters. The Hall–Kier alpha value is -2.53. The van der Waals surface area contributed by atoms with Gasteiger partial charge in [0.05, 0.1) is 35.3 Å². The van der Waals surface area contributed by atoms with E-state index in [1.807, 2.05) is 0 Å². The monoisotopic (exact) mass is 456 g/mol. The Morgan fingerprint density at radius 2 is 1.97 bits per heavy atom. The molecule has 0 bridgehead atoms. The summed E-state index contributed by atoms with van der Waals surface area (Å²) < 4.78 is 24.1. The standard InChI is InChI=1S/C18H25N4O8P/c1-4-11(2)30-31(27,28)12(3)21-14-10-16(22(25)26)15(20-5-7-29-8-6-20)9-13(14)19-17(23)18(21)24/h9-12H,4-8H2,1-3H3,(H,19,23)(H,27,28). The van der Waals surface area contributed by atoms with Crippen molar-refractivity contribution >= 4 is 30.0 Å². The average molecular weight is 456 g/mol. The number of nitrogens with zero attached hydrogens (tertiary/aromatic N) is 3. The third kappa shape index (κ3) is 4.57. The summed E-state index contributed by atoms with van der Waals surface area (Å²) in [7, 11) is -4.39. The highest BCUT2D eigenvalue weighted by Gasteiger charge is 2.35. The van der Waals surface area contributed by atoms with E-state index in [0.29, 0.717) is 32.7 Å². The van der Waals surface area contributed by atoms with Gasteiger partial charge in [0, 0.05) is 19.2 Å². The van der Waals surface area contributed by atoms with Gasteiger partial charge in [-0.3, -0.25) is 28.8 Å². The predicted molar refractivity (Wildman–Crippen MR) is 114 cm³/mol. The topological polar surface area (TPSA) is 157 Å². The van der Waals surface area contributed by atoms with Crippen LogP contribution >= 0.6 is 7.60 Å². The highest BCUT2D eigenvalue weighted by atomic mass is 31.2. The molecule has 0 aliphatic carbocycles. The lowest BCUT2D eigenvalue weighted by atomic mass is 10.2. The number of ether oxygens (including phenoxy) is 1. The first kappa shape index (κ1) is 23.1. The van der Waals surface area contributed by atoms with Crippen molar-refractivity contribution in [2.24, 2.45) is 0 Å². The van der Waals surface area contributed by atoms with E-state index < -0.39 is 35.5 Å². The van der Waals surface area contributed by atoms with Crippen LogP contribution in [0.5, 0.6) is 0 Å². The van der Waals surface area contributed by atoms with Crippen LogP contribution in [0.25, 0.3) is 11.0 Å². The Morgan fingerprint density at radius 1 is 1.32 bits per heavy atom. The van der Waals surface area contributed by atoms with Crippen molar-refractivity contribution in [3.05, 3.63) is 43.0 Å². The molecule has 2 heterocycles. The SMILES string of the molecule is CCC(C)OP(=O)(O)C(C)n1c(=O)c(=O)[nH]c2cc(N3CCOCC3)c([N+](=O)[O-])cc21. The molecule has 0 spiro atoms. The molecule has 12 nitrogen and oxygen atoms in total. The molecule has 1 fully saturated rings. The van der Waals surface area contributed by atoms with Crippen LogP contribution in [0.4, 0.5) is 11.4 Å². The van der Waals surface area contributed by atoms with Gasteiger partial charge < -0.3 is 24.0 Å². The van der Waals surface area contributed by atoms with E-state index in [4.69, 9.17) is 9.26 Å². The summed E-state index contributed by atoms with van der Waals surface area (Å²) in [4.78, 5) is 50.7. The molecule has 0 saturated carbocycles. The number of fused-ring (bicyclic) bond motifs is 1. The van der Waals surface area contributed by atoms with Gasteiger partial charge >= 0.3 is 18.7 Å². The summed E-state index contributed by atoms with van der Waals surface area (Å²) in [5.74, 6) is -1.44. The van der Waals surface area contributed by atoms with Gasteiger partial charge in [-0.05, 0) is 26.3 Å². The molecule has 1 aromatic heterocycles. The predicted octanol–water partition coefficient (Wildman–Crippen LogP) is 1.95. The molecular formula is C18H25N4O8P. The lowest BCUT2D eigenvalue weighted by Gasteiger charge is -2.29. The summed E-state index contributed by atoms with van der Waals surface area (Å²) >= 11 is 0.